The Morgan fingerprint density at radius 3 is 2.42 bits per heavy atom. The van der Waals surface area contributed by atoms with E-state index in [4.69, 9.17) is 9.47 Å². The maximum absolute atomic E-state index is 12.8. The van der Waals surface area contributed by atoms with Crippen LogP contribution in [-0.2, 0) is 13.2 Å². The van der Waals surface area contributed by atoms with Gasteiger partial charge in [0.15, 0.2) is 17.2 Å². The van der Waals surface area contributed by atoms with Crippen molar-refractivity contribution < 1.29 is 32.4 Å². The number of anilines is 1. The van der Waals surface area contributed by atoms with Gasteiger partial charge in [-0.2, -0.15) is 18.3 Å². The van der Waals surface area contributed by atoms with Crippen LogP contribution in [0.5, 0.6) is 17.2 Å². The van der Waals surface area contributed by atoms with Crippen LogP contribution >= 0.6 is 0 Å². The molecule has 0 radical (unpaired) electrons. The van der Waals surface area contributed by atoms with Gasteiger partial charge in [0.2, 0.25) is 0 Å². The number of carbonyl (C=O) groups excluding carboxylic acids is 1. The molecular formula is C19H15F3N4O5. The molecule has 31 heavy (non-hydrogen) atoms. The molecule has 0 spiro atoms. The van der Waals surface area contributed by atoms with Crippen LogP contribution in [0.25, 0.3) is 0 Å². The Kier molecular flexibility index (Phi) is 5.81. The maximum atomic E-state index is 12.8. The van der Waals surface area contributed by atoms with E-state index in [0.29, 0.717) is 11.8 Å². The molecule has 0 aliphatic carbocycles. The van der Waals surface area contributed by atoms with Crippen molar-refractivity contribution in [3.63, 3.8) is 0 Å². The molecule has 162 valence electrons. The molecule has 1 aromatic heterocycles. The molecule has 2 aromatic carbocycles. The highest BCUT2D eigenvalue weighted by atomic mass is 19.4. The topological polar surface area (TPSA) is 109 Å². The lowest BCUT2D eigenvalue weighted by Crippen LogP contribution is -2.16. The SMILES string of the molecule is COc1ccccc1Oc1cc(NC(=O)c2cc(C(F)(F)F)nn2C)cc([N+](=O)[O-])c1. The molecule has 0 fully saturated rings. The summed E-state index contributed by atoms with van der Waals surface area (Å²) in [6.07, 6.45) is -4.72. The minimum Gasteiger partial charge on any atom is -0.493 e. The van der Waals surface area contributed by atoms with Crippen molar-refractivity contribution in [3.05, 3.63) is 70.0 Å². The van der Waals surface area contributed by atoms with Gasteiger partial charge in [0.05, 0.1) is 23.8 Å². The van der Waals surface area contributed by atoms with Crippen molar-refractivity contribution in [2.45, 2.75) is 6.18 Å². The Balaban J connectivity index is 1.92. The zero-order valence-electron chi connectivity index (χ0n) is 16.1. The zero-order valence-corrected chi connectivity index (χ0v) is 16.1. The van der Waals surface area contributed by atoms with Crippen molar-refractivity contribution >= 4 is 17.3 Å². The molecule has 1 N–H and O–H groups in total. The van der Waals surface area contributed by atoms with Crippen LogP contribution in [-0.4, -0.2) is 27.7 Å². The molecule has 3 aromatic rings. The van der Waals surface area contributed by atoms with Crippen molar-refractivity contribution in [2.75, 3.05) is 12.4 Å². The molecule has 0 bridgehead atoms. The van der Waals surface area contributed by atoms with Crippen molar-refractivity contribution in [1.29, 1.82) is 0 Å². The first-order chi connectivity index (χ1) is 14.6. The number of hydrogen-bond donors (Lipinski definition) is 1. The molecule has 1 heterocycles. The third-order valence-electron chi connectivity index (χ3n) is 4.06. The summed E-state index contributed by atoms with van der Waals surface area (Å²) in [5.74, 6) is -0.289. The number of non-ortho nitro benzene ring substituents is 1. The average molecular weight is 436 g/mol. The van der Waals surface area contributed by atoms with Gasteiger partial charge in [-0.1, -0.05) is 12.1 Å². The Labute approximate surface area is 173 Å². The first-order valence-electron chi connectivity index (χ1n) is 8.61. The molecule has 0 saturated heterocycles. The number of aromatic nitrogens is 2. The number of para-hydroxylation sites is 2. The fourth-order valence-corrected chi connectivity index (χ4v) is 2.66. The van der Waals surface area contributed by atoms with Gasteiger partial charge in [-0.15, -0.1) is 0 Å². The van der Waals surface area contributed by atoms with E-state index >= 15 is 0 Å². The van der Waals surface area contributed by atoms with E-state index in [1.807, 2.05) is 0 Å². The first kappa shape index (κ1) is 21.6. The minimum atomic E-state index is -4.72. The van der Waals surface area contributed by atoms with Gasteiger partial charge in [0.1, 0.15) is 11.4 Å². The second-order valence-corrected chi connectivity index (χ2v) is 6.22. The van der Waals surface area contributed by atoms with Crippen LogP contribution < -0.4 is 14.8 Å². The van der Waals surface area contributed by atoms with E-state index in [-0.39, 0.29) is 22.9 Å². The molecule has 3 rings (SSSR count). The lowest BCUT2D eigenvalue weighted by molar-refractivity contribution is -0.384. The van der Waals surface area contributed by atoms with Gasteiger partial charge in [-0.3, -0.25) is 19.6 Å². The highest BCUT2D eigenvalue weighted by molar-refractivity contribution is 6.03. The third-order valence-corrected chi connectivity index (χ3v) is 4.06. The number of benzene rings is 2. The highest BCUT2D eigenvalue weighted by Crippen LogP contribution is 2.34. The summed E-state index contributed by atoms with van der Waals surface area (Å²) >= 11 is 0. The number of rotatable bonds is 6. The van der Waals surface area contributed by atoms with Crippen LogP contribution in [0.3, 0.4) is 0 Å². The Hall–Kier alpha value is -4.09. The summed E-state index contributed by atoms with van der Waals surface area (Å²) in [6.45, 7) is 0. The molecule has 0 unspecified atom stereocenters. The van der Waals surface area contributed by atoms with E-state index in [1.54, 1.807) is 24.3 Å². The molecule has 0 atom stereocenters. The van der Waals surface area contributed by atoms with E-state index < -0.39 is 28.4 Å². The number of aryl methyl sites for hydroxylation is 1. The Bertz CT molecular complexity index is 1140. The van der Waals surface area contributed by atoms with Crippen LogP contribution in [0.2, 0.25) is 0 Å². The number of ether oxygens (including phenoxy) is 2. The normalized spacial score (nSPS) is 11.1. The van der Waals surface area contributed by atoms with Gasteiger partial charge in [-0.05, 0) is 12.1 Å². The number of carbonyl (C=O) groups is 1. The smallest absolute Gasteiger partial charge is 0.435 e. The Morgan fingerprint density at radius 1 is 1.16 bits per heavy atom. The Morgan fingerprint density at radius 2 is 1.84 bits per heavy atom. The van der Waals surface area contributed by atoms with E-state index in [1.165, 1.54) is 20.2 Å². The lowest BCUT2D eigenvalue weighted by atomic mass is 10.2. The van der Waals surface area contributed by atoms with E-state index in [9.17, 15) is 28.1 Å². The third kappa shape index (κ3) is 4.91. The van der Waals surface area contributed by atoms with Crippen LogP contribution in [0.15, 0.2) is 48.5 Å². The maximum Gasteiger partial charge on any atom is 0.435 e. The number of methoxy groups -OCH3 is 1. The standard InChI is InChI=1S/C19H15F3N4O5/c1-25-14(10-17(24-25)19(20,21)22)18(27)23-11-7-12(26(28)29)9-13(8-11)31-16-6-4-3-5-15(16)30-2/h3-10H,1-2H3,(H,23,27). The fourth-order valence-electron chi connectivity index (χ4n) is 2.66. The van der Waals surface area contributed by atoms with Gasteiger partial charge < -0.3 is 14.8 Å². The molecular weight excluding hydrogens is 421 g/mol. The summed E-state index contributed by atoms with van der Waals surface area (Å²) in [6, 6.07) is 10.6. The van der Waals surface area contributed by atoms with Crippen LogP contribution in [0.4, 0.5) is 24.5 Å². The number of hydrogen-bond acceptors (Lipinski definition) is 6. The van der Waals surface area contributed by atoms with Crippen LogP contribution in [0.1, 0.15) is 16.2 Å². The van der Waals surface area contributed by atoms with E-state index in [2.05, 4.69) is 10.4 Å². The number of halogens is 3. The molecule has 0 aliphatic heterocycles. The van der Waals surface area contributed by atoms with Gasteiger partial charge in [-0.25, -0.2) is 0 Å². The average Bonchev–Trinajstić information content (AvgIpc) is 3.10. The first-order valence-corrected chi connectivity index (χ1v) is 8.61. The second kappa shape index (κ2) is 8.34. The predicted octanol–water partition coefficient (Wildman–Crippen LogP) is 4.40. The van der Waals surface area contributed by atoms with Gasteiger partial charge in [0.25, 0.3) is 11.6 Å². The van der Waals surface area contributed by atoms with Gasteiger partial charge >= 0.3 is 6.18 Å². The molecule has 1 amide bonds. The minimum absolute atomic E-state index is 0.00925. The van der Waals surface area contributed by atoms with Gasteiger partial charge in [0, 0.05) is 25.2 Å². The summed E-state index contributed by atoms with van der Waals surface area (Å²) < 4.78 is 50.0. The van der Waals surface area contributed by atoms with Crippen molar-refractivity contribution in [1.82, 2.24) is 9.78 Å². The number of amides is 1. The summed E-state index contributed by atoms with van der Waals surface area (Å²) in [4.78, 5) is 23.0. The predicted molar refractivity (Wildman–Crippen MR) is 102 cm³/mol. The zero-order chi connectivity index (χ0) is 22.8. The monoisotopic (exact) mass is 436 g/mol. The van der Waals surface area contributed by atoms with E-state index in [0.717, 1.165) is 16.8 Å². The fraction of sp³-hybridized carbons (Fsp3) is 0.158. The number of nitro groups is 1. The largest absolute Gasteiger partial charge is 0.493 e. The van der Waals surface area contributed by atoms with Crippen molar-refractivity contribution in [3.8, 4) is 17.2 Å². The molecule has 9 nitrogen and oxygen atoms in total. The van der Waals surface area contributed by atoms with Crippen LogP contribution in [0, 0.1) is 10.1 Å². The van der Waals surface area contributed by atoms with Crippen molar-refractivity contribution in [2.24, 2.45) is 7.05 Å². The lowest BCUT2D eigenvalue weighted by Gasteiger charge is -2.12. The summed E-state index contributed by atoms with van der Waals surface area (Å²) in [5.41, 5.74) is -2.08. The quantitative estimate of drug-likeness (QED) is 0.453. The molecule has 0 aliphatic rings. The highest BCUT2D eigenvalue weighted by Gasteiger charge is 2.35. The number of alkyl halides is 3. The number of nitrogens with one attached hydrogen (secondary N) is 1. The number of nitro benzene ring substituents is 1. The second-order valence-electron chi connectivity index (χ2n) is 6.22. The summed E-state index contributed by atoms with van der Waals surface area (Å²) in [5, 5.41) is 16.9. The number of nitrogens with zero attached hydrogens (tertiary/aromatic N) is 3. The molecule has 12 heteroatoms. The molecule has 0 saturated carbocycles. The summed E-state index contributed by atoms with van der Waals surface area (Å²) in [7, 11) is 2.60.